The number of hydrogen-bond acceptors (Lipinski definition) is 2. The predicted molar refractivity (Wildman–Crippen MR) is 102 cm³/mol. The fourth-order valence-corrected chi connectivity index (χ4v) is 4.53. The zero-order valence-corrected chi connectivity index (χ0v) is 16.2. The zero-order valence-electron chi connectivity index (χ0n) is 16.2. The fourth-order valence-electron chi connectivity index (χ4n) is 4.53. The van der Waals surface area contributed by atoms with Gasteiger partial charge in [-0.1, -0.05) is 50.7 Å². The average molecular weight is 337 g/mol. The van der Waals surface area contributed by atoms with E-state index in [-0.39, 0.29) is 0 Å². The van der Waals surface area contributed by atoms with Gasteiger partial charge in [-0.25, -0.2) is 0 Å². The van der Waals surface area contributed by atoms with Crippen molar-refractivity contribution in [3.05, 3.63) is 12.2 Å². The Morgan fingerprint density at radius 1 is 0.708 bits per heavy atom. The minimum absolute atomic E-state index is 0.794. The van der Waals surface area contributed by atoms with Crippen molar-refractivity contribution < 1.29 is 9.47 Å². The summed E-state index contributed by atoms with van der Waals surface area (Å²) < 4.78 is 11.3. The van der Waals surface area contributed by atoms with Crippen LogP contribution in [0.15, 0.2) is 12.2 Å². The van der Waals surface area contributed by atoms with Crippen molar-refractivity contribution >= 4 is 0 Å². The van der Waals surface area contributed by atoms with Crippen LogP contribution in [-0.2, 0) is 9.47 Å². The maximum Gasteiger partial charge on any atom is 0.0647 e. The largest absolute Gasteiger partial charge is 0.381 e. The van der Waals surface area contributed by atoms with Crippen molar-refractivity contribution in [2.24, 2.45) is 23.7 Å². The molecule has 2 fully saturated rings. The first kappa shape index (κ1) is 20.0. The number of allylic oxidation sites excluding steroid dienone is 1. The Labute approximate surface area is 150 Å². The van der Waals surface area contributed by atoms with E-state index in [0.29, 0.717) is 0 Å². The monoisotopic (exact) mass is 336 g/mol. The van der Waals surface area contributed by atoms with Crippen molar-refractivity contribution in [3.8, 4) is 0 Å². The van der Waals surface area contributed by atoms with Crippen LogP contribution in [0.4, 0.5) is 0 Å². The Balaban J connectivity index is 1.50. The maximum absolute atomic E-state index is 5.74. The lowest BCUT2D eigenvalue weighted by Gasteiger charge is -2.31. The topological polar surface area (TPSA) is 18.5 Å². The molecular formula is C22H40O2. The Hall–Kier alpha value is -0.340. The van der Waals surface area contributed by atoms with E-state index in [1.165, 1.54) is 64.2 Å². The molecule has 0 amide bonds. The molecule has 140 valence electrons. The second kappa shape index (κ2) is 12.1. The Kier molecular flexibility index (Phi) is 10.1. The van der Waals surface area contributed by atoms with E-state index >= 15 is 0 Å². The summed E-state index contributed by atoms with van der Waals surface area (Å²) in [5, 5.41) is 0. The van der Waals surface area contributed by atoms with Crippen LogP contribution in [0.25, 0.3) is 0 Å². The van der Waals surface area contributed by atoms with Gasteiger partial charge in [-0.3, -0.25) is 0 Å². The van der Waals surface area contributed by atoms with Gasteiger partial charge in [-0.05, 0) is 63.2 Å². The van der Waals surface area contributed by atoms with Gasteiger partial charge in [-0.2, -0.15) is 0 Å². The van der Waals surface area contributed by atoms with E-state index in [4.69, 9.17) is 9.47 Å². The van der Waals surface area contributed by atoms with E-state index in [1.54, 1.807) is 0 Å². The first-order valence-corrected chi connectivity index (χ1v) is 10.6. The summed E-state index contributed by atoms with van der Waals surface area (Å²) in [6, 6.07) is 0. The molecule has 0 aromatic heterocycles. The van der Waals surface area contributed by atoms with Crippen molar-refractivity contribution in [1.29, 1.82) is 0 Å². The minimum atomic E-state index is 0.794. The Morgan fingerprint density at radius 3 is 1.62 bits per heavy atom. The van der Waals surface area contributed by atoms with Gasteiger partial charge in [-0.15, -0.1) is 0 Å². The number of hydrogen-bond donors (Lipinski definition) is 0. The standard InChI is InChI=1S/C22H40O2/c1-3-5-16-24-18-22-14-10-20(11-15-22)7-6-19-8-12-21(13-9-19)17-23-4-2/h3,5,19-22H,4,6-18H2,1-2H3/b5-3-. The van der Waals surface area contributed by atoms with Gasteiger partial charge < -0.3 is 9.47 Å². The second-order valence-corrected chi connectivity index (χ2v) is 8.12. The maximum atomic E-state index is 5.74. The molecule has 0 saturated heterocycles. The summed E-state index contributed by atoms with van der Waals surface area (Å²) in [6.45, 7) is 7.81. The summed E-state index contributed by atoms with van der Waals surface area (Å²) in [7, 11) is 0. The third-order valence-corrected chi connectivity index (χ3v) is 6.28. The second-order valence-electron chi connectivity index (χ2n) is 8.12. The number of rotatable bonds is 10. The molecule has 0 bridgehead atoms. The molecule has 0 aliphatic heterocycles. The van der Waals surface area contributed by atoms with Gasteiger partial charge in [0.05, 0.1) is 6.61 Å². The van der Waals surface area contributed by atoms with Crippen LogP contribution in [0.2, 0.25) is 0 Å². The average Bonchev–Trinajstić information content (AvgIpc) is 2.64. The molecule has 2 heteroatoms. The van der Waals surface area contributed by atoms with E-state index in [2.05, 4.69) is 26.0 Å². The van der Waals surface area contributed by atoms with Crippen LogP contribution >= 0.6 is 0 Å². The Bertz CT molecular complexity index is 323. The van der Waals surface area contributed by atoms with Gasteiger partial charge in [0.15, 0.2) is 0 Å². The zero-order chi connectivity index (χ0) is 17.0. The quantitative estimate of drug-likeness (QED) is 0.359. The summed E-state index contributed by atoms with van der Waals surface area (Å²) in [6.07, 6.45) is 18.5. The molecule has 2 rings (SSSR count). The SMILES string of the molecule is C/C=C\COCC1CCC(CCC2CCC(COCC)CC2)CC1. The first-order valence-electron chi connectivity index (χ1n) is 10.6. The molecule has 2 aliphatic carbocycles. The summed E-state index contributed by atoms with van der Waals surface area (Å²) >= 11 is 0. The van der Waals surface area contributed by atoms with E-state index in [0.717, 1.165) is 50.1 Å². The molecule has 0 atom stereocenters. The highest BCUT2D eigenvalue weighted by molar-refractivity contribution is 4.78. The summed E-state index contributed by atoms with van der Waals surface area (Å²) in [5.41, 5.74) is 0. The molecule has 0 radical (unpaired) electrons. The lowest BCUT2D eigenvalue weighted by Crippen LogP contribution is -2.21. The molecule has 0 unspecified atom stereocenters. The highest BCUT2D eigenvalue weighted by Gasteiger charge is 2.24. The summed E-state index contributed by atoms with van der Waals surface area (Å²) in [4.78, 5) is 0. The van der Waals surface area contributed by atoms with Crippen LogP contribution in [0.3, 0.4) is 0 Å². The molecule has 2 saturated carbocycles. The molecule has 2 aliphatic rings. The third-order valence-electron chi connectivity index (χ3n) is 6.28. The van der Waals surface area contributed by atoms with Crippen LogP contribution in [-0.4, -0.2) is 26.4 Å². The minimum Gasteiger partial charge on any atom is -0.381 e. The van der Waals surface area contributed by atoms with Gasteiger partial charge in [0.1, 0.15) is 0 Å². The highest BCUT2D eigenvalue weighted by Crippen LogP contribution is 2.36. The first-order chi connectivity index (χ1) is 11.8. The van der Waals surface area contributed by atoms with Crippen LogP contribution in [0.1, 0.15) is 78.1 Å². The highest BCUT2D eigenvalue weighted by atomic mass is 16.5. The smallest absolute Gasteiger partial charge is 0.0647 e. The van der Waals surface area contributed by atoms with E-state index in [1.807, 2.05) is 0 Å². The molecule has 0 N–H and O–H groups in total. The van der Waals surface area contributed by atoms with Gasteiger partial charge in [0.25, 0.3) is 0 Å². The van der Waals surface area contributed by atoms with Crippen LogP contribution in [0.5, 0.6) is 0 Å². The van der Waals surface area contributed by atoms with Crippen molar-refractivity contribution in [2.45, 2.75) is 78.1 Å². The van der Waals surface area contributed by atoms with Crippen LogP contribution in [0, 0.1) is 23.7 Å². The van der Waals surface area contributed by atoms with Gasteiger partial charge in [0.2, 0.25) is 0 Å². The van der Waals surface area contributed by atoms with Gasteiger partial charge in [0, 0.05) is 19.8 Å². The molecule has 0 spiro atoms. The molecule has 0 aromatic carbocycles. The molecule has 0 aromatic rings. The Morgan fingerprint density at radius 2 is 1.17 bits per heavy atom. The fraction of sp³-hybridized carbons (Fsp3) is 0.909. The number of ether oxygens (including phenoxy) is 2. The normalized spacial score (nSPS) is 31.6. The van der Waals surface area contributed by atoms with Crippen molar-refractivity contribution in [3.63, 3.8) is 0 Å². The van der Waals surface area contributed by atoms with Gasteiger partial charge >= 0.3 is 0 Å². The molecular weight excluding hydrogens is 296 g/mol. The molecule has 24 heavy (non-hydrogen) atoms. The lowest BCUT2D eigenvalue weighted by atomic mass is 9.76. The van der Waals surface area contributed by atoms with E-state index < -0.39 is 0 Å². The van der Waals surface area contributed by atoms with E-state index in [9.17, 15) is 0 Å². The summed E-state index contributed by atoms with van der Waals surface area (Å²) in [5.74, 6) is 3.67. The molecule has 2 nitrogen and oxygen atoms in total. The third kappa shape index (κ3) is 7.70. The predicted octanol–water partition coefficient (Wildman–Crippen LogP) is 6.01. The lowest BCUT2D eigenvalue weighted by molar-refractivity contribution is 0.0818. The van der Waals surface area contributed by atoms with Crippen molar-refractivity contribution in [2.75, 3.05) is 26.4 Å². The molecule has 0 heterocycles. The van der Waals surface area contributed by atoms with Crippen LogP contribution < -0.4 is 0 Å². The van der Waals surface area contributed by atoms with Crippen molar-refractivity contribution in [1.82, 2.24) is 0 Å².